The average Bonchev–Trinajstić information content (AvgIpc) is 2.87. The smallest absolute Gasteiger partial charge is 0.325 e. The van der Waals surface area contributed by atoms with Crippen LogP contribution in [0.2, 0.25) is 0 Å². The van der Waals surface area contributed by atoms with Crippen molar-refractivity contribution >= 4 is 41.4 Å². The van der Waals surface area contributed by atoms with Gasteiger partial charge in [0.25, 0.3) is 0 Å². The largest absolute Gasteiger partial charge is 0.480 e. The number of hydrogen-bond donors (Lipinski definition) is 9. The maximum atomic E-state index is 12.8. The monoisotopic (exact) mass is 545 g/mol. The van der Waals surface area contributed by atoms with E-state index >= 15 is 0 Å². The molecule has 0 heterocycles. The zero-order valence-corrected chi connectivity index (χ0v) is 22.1. The van der Waals surface area contributed by atoms with Crippen LogP contribution in [0.25, 0.3) is 0 Å². The number of amides is 6. The molecule has 0 radical (unpaired) electrons. The summed E-state index contributed by atoms with van der Waals surface area (Å²) in [7, 11) is 0. The standard InChI is InChI=1S/C22H39N7O9/c1-6-10(2)17(21(36)26-12(4)19(34)27-13(5)22(37)38)29-20(35)14(9-30)28-16(32)8-24-18(33)11(3)25-15(31)7-23/h10-14,17,30H,6-9,23H2,1-5H3,(H,24,33)(H,25,31)(H,26,36)(H,27,34)(H,28,32)(H,29,35)(H,37,38)/t10-,11-,12-,13-,14-,17-/m0/s1. The number of hydrogen-bond acceptors (Lipinski definition) is 9. The van der Waals surface area contributed by atoms with Crippen LogP contribution in [0.3, 0.4) is 0 Å². The zero-order chi connectivity index (χ0) is 29.6. The van der Waals surface area contributed by atoms with Crippen molar-refractivity contribution in [2.24, 2.45) is 11.7 Å². The van der Waals surface area contributed by atoms with Crippen LogP contribution in [-0.4, -0.2) is 102 Å². The van der Waals surface area contributed by atoms with Gasteiger partial charge in [-0.15, -0.1) is 0 Å². The highest BCUT2D eigenvalue weighted by Crippen LogP contribution is 2.09. The number of carbonyl (C=O) groups is 7. The number of nitrogens with one attached hydrogen (secondary N) is 6. The summed E-state index contributed by atoms with van der Waals surface area (Å²) >= 11 is 0. The molecule has 10 N–H and O–H groups in total. The molecular weight excluding hydrogens is 506 g/mol. The highest BCUT2D eigenvalue weighted by molar-refractivity contribution is 5.96. The molecule has 0 unspecified atom stereocenters. The number of carbonyl (C=O) groups excluding carboxylic acids is 6. The fourth-order valence-electron chi connectivity index (χ4n) is 2.85. The molecule has 0 aromatic rings. The molecule has 6 atom stereocenters. The van der Waals surface area contributed by atoms with Gasteiger partial charge in [0, 0.05) is 0 Å². The van der Waals surface area contributed by atoms with Crippen LogP contribution in [-0.2, 0) is 33.6 Å². The molecule has 0 saturated heterocycles. The summed E-state index contributed by atoms with van der Waals surface area (Å²) in [6.45, 7) is 5.67. The van der Waals surface area contributed by atoms with E-state index in [1.165, 1.54) is 20.8 Å². The summed E-state index contributed by atoms with van der Waals surface area (Å²) in [5.74, 6) is -6.14. The lowest BCUT2D eigenvalue weighted by Gasteiger charge is -2.27. The van der Waals surface area contributed by atoms with Gasteiger partial charge < -0.3 is 47.8 Å². The van der Waals surface area contributed by atoms with Gasteiger partial charge in [0.2, 0.25) is 35.4 Å². The van der Waals surface area contributed by atoms with Crippen molar-refractivity contribution in [3.63, 3.8) is 0 Å². The maximum absolute atomic E-state index is 12.8. The van der Waals surface area contributed by atoms with E-state index in [-0.39, 0.29) is 6.54 Å². The van der Waals surface area contributed by atoms with Crippen LogP contribution in [0.1, 0.15) is 41.0 Å². The van der Waals surface area contributed by atoms with Crippen molar-refractivity contribution in [3.05, 3.63) is 0 Å². The fourth-order valence-corrected chi connectivity index (χ4v) is 2.85. The summed E-state index contributed by atoms with van der Waals surface area (Å²) in [5.41, 5.74) is 5.15. The van der Waals surface area contributed by atoms with Crippen LogP contribution in [0, 0.1) is 5.92 Å². The SMILES string of the molecule is CC[C@H](C)[C@H](NC(=O)[C@H](CO)NC(=O)CNC(=O)[C@H](C)NC(=O)CN)C(=O)N[C@@H](C)C(=O)N[C@@H](C)C(=O)O. The molecule has 0 aliphatic rings. The second-order valence-corrected chi connectivity index (χ2v) is 8.68. The first-order valence-corrected chi connectivity index (χ1v) is 12.0. The lowest BCUT2D eigenvalue weighted by Crippen LogP contribution is -2.59. The lowest BCUT2D eigenvalue weighted by molar-refractivity contribution is -0.141. The Morgan fingerprint density at radius 3 is 1.76 bits per heavy atom. The molecular formula is C22H39N7O9. The molecule has 38 heavy (non-hydrogen) atoms. The number of nitrogens with two attached hydrogens (primary N) is 1. The van der Waals surface area contributed by atoms with Crippen LogP contribution >= 0.6 is 0 Å². The molecule has 0 bridgehead atoms. The van der Waals surface area contributed by atoms with E-state index in [2.05, 4.69) is 31.9 Å². The van der Waals surface area contributed by atoms with Crippen molar-refractivity contribution in [2.75, 3.05) is 19.7 Å². The summed E-state index contributed by atoms with van der Waals surface area (Å²) in [5, 5.41) is 32.4. The van der Waals surface area contributed by atoms with Crippen molar-refractivity contribution in [3.8, 4) is 0 Å². The molecule has 0 aliphatic heterocycles. The minimum atomic E-state index is -1.47. The Labute approximate surface area is 220 Å². The first-order valence-electron chi connectivity index (χ1n) is 12.0. The van der Waals surface area contributed by atoms with Crippen molar-refractivity contribution < 1.29 is 43.8 Å². The molecule has 6 amide bonds. The van der Waals surface area contributed by atoms with Gasteiger partial charge in [0.05, 0.1) is 19.7 Å². The predicted octanol–water partition coefficient (Wildman–Crippen LogP) is -4.33. The molecule has 16 heteroatoms. The van der Waals surface area contributed by atoms with Gasteiger partial charge in [-0.3, -0.25) is 33.6 Å². The van der Waals surface area contributed by atoms with Crippen LogP contribution in [0.5, 0.6) is 0 Å². The van der Waals surface area contributed by atoms with Gasteiger partial charge in [-0.25, -0.2) is 0 Å². The predicted molar refractivity (Wildman–Crippen MR) is 133 cm³/mol. The van der Waals surface area contributed by atoms with E-state index < -0.39 is 90.7 Å². The third-order valence-corrected chi connectivity index (χ3v) is 5.49. The summed E-state index contributed by atoms with van der Waals surface area (Å²) < 4.78 is 0. The molecule has 0 aromatic heterocycles. The normalized spacial score (nSPS) is 15.3. The average molecular weight is 546 g/mol. The highest BCUT2D eigenvalue weighted by atomic mass is 16.4. The van der Waals surface area contributed by atoms with E-state index in [0.717, 1.165) is 0 Å². The Hall–Kier alpha value is -3.79. The van der Waals surface area contributed by atoms with Crippen molar-refractivity contribution in [1.29, 1.82) is 0 Å². The molecule has 0 saturated carbocycles. The minimum Gasteiger partial charge on any atom is -0.480 e. The molecule has 0 aromatic carbocycles. The van der Waals surface area contributed by atoms with Gasteiger partial charge in [-0.1, -0.05) is 20.3 Å². The molecule has 16 nitrogen and oxygen atoms in total. The summed E-state index contributed by atoms with van der Waals surface area (Å²) in [6, 6.07) is -5.90. The Balaban J connectivity index is 5.12. The van der Waals surface area contributed by atoms with Gasteiger partial charge in [-0.05, 0) is 26.7 Å². The maximum Gasteiger partial charge on any atom is 0.325 e. The minimum absolute atomic E-state index is 0.322. The number of aliphatic carboxylic acids is 1. The first kappa shape index (κ1) is 34.2. The zero-order valence-electron chi connectivity index (χ0n) is 22.1. The fraction of sp³-hybridized carbons (Fsp3) is 0.682. The molecule has 0 rings (SSSR count). The second kappa shape index (κ2) is 16.9. The van der Waals surface area contributed by atoms with Crippen LogP contribution in [0.4, 0.5) is 0 Å². The number of rotatable bonds is 16. The second-order valence-electron chi connectivity index (χ2n) is 8.68. The van der Waals surface area contributed by atoms with Crippen LogP contribution < -0.4 is 37.6 Å². The van der Waals surface area contributed by atoms with Gasteiger partial charge in [0.15, 0.2) is 0 Å². The summed E-state index contributed by atoms with van der Waals surface area (Å²) in [6.07, 6.45) is 0.441. The topological polar surface area (TPSA) is 258 Å². The Kier molecular flexibility index (Phi) is 15.2. The van der Waals surface area contributed by atoms with E-state index in [9.17, 15) is 38.7 Å². The number of aliphatic hydroxyl groups excluding tert-OH is 1. The Morgan fingerprint density at radius 1 is 0.711 bits per heavy atom. The van der Waals surface area contributed by atoms with Gasteiger partial charge in [0.1, 0.15) is 30.2 Å². The quantitative estimate of drug-likeness (QED) is 0.0900. The molecule has 216 valence electrons. The first-order chi connectivity index (χ1) is 17.7. The lowest BCUT2D eigenvalue weighted by atomic mass is 9.97. The van der Waals surface area contributed by atoms with Crippen molar-refractivity contribution in [1.82, 2.24) is 31.9 Å². The Morgan fingerprint density at radius 2 is 1.26 bits per heavy atom. The summed E-state index contributed by atoms with van der Waals surface area (Å²) in [4.78, 5) is 84.1. The van der Waals surface area contributed by atoms with E-state index in [1.807, 2.05) is 0 Å². The number of carboxylic acids is 1. The van der Waals surface area contributed by atoms with E-state index in [0.29, 0.717) is 6.42 Å². The molecule has 0 aliphatic carbocycles. The third-order valence-electron chi connectivity index (χ3n) is 5.49. The highest BCUT2D eigenvalue weighted by Gasteiger charge is 2.31. The Bertz CT molecular complexity index is 883. The third kappa shape index (κ3) is 12.0. The van der Waals surface area contributed by atoms with Gasteiger partial charge >= 0.3 is 5.97 Å². The molecule has 0 fully saturated rings. The van der Waals surface area contributed by atoms with Gasteiger partial charge in [-0.2, -0.15) is 0 Å². The van der Waals surface area contributed by atoms with Crippen LogP contribution in [0.15, 0.2) is 0 Å². The molecule has 0 spiro atoms. The number of aliphatic hydroxyl groups is 1. The van der Waals surface area contributed by atoms with E-state index in [1.54, 1.807) is 13.8 Å². The van der Waals surface area contributed by atoms with E-state index in [4.69, 9.17) is 10.8 Å². The number of carboxylic acid groups (broad SMARTS) is 1. The van der Waals surface area contributed by atoms with Crippen molar-refractivity contribution in [2.45, 2.75) is 71.2 Å².